The molecule has 0 aliphatic carbocycles. The molecule has 148 valence electrons. The summed E-state index contributed by atoms with van der Waals surface area (Å²) in [7, 11) is 1.63. The Labute approximate surface area is 164 Å². The molecule has 0 bridgehead atoms. The molecule has 0 N–H and O–H groups in total. The molecule has 2 aliphatic rings. The van der Waals surface area contributed by atoms with Crippen molar-refractivity contribution in [1.29, 1.82) is 0 Å². The van der Waals surface area contributed by atoms with Crippen molar-refractivity contribution in [2.45, 2.75) is 31.2 Å². The van der Waals surface area contributed by atoms with Crippen LogP contribution in [0, 0.1) is 0 Å². The number of methoxy groups -OCH3 is 1. The first-order valence-electron chi connectivity index (χ1n) is 9.78. The topological polar surface area (TPSA) is 75.9 Å². The Morgan fingerprint density at radius 3 is 2.71 bits per heavy atom. The number of hydrogen-bond donors (Lipinski definition) is 0. The predicted molar refractivity (Wildman–Crippen MR) is 103 cm³/mol. The van der Waals surface area contributed by atoms with Gasteiger partial charge in [-0.1, -0.05) is 35.5 Å². The first-order chi connectivity index (χ1) is 13.7. The van der Waals surface area contributed by atoms with Crippen LogP contribution in [0.5, 0.6) is 0 Å². The number of hydrogen-bond acceptors (Lipinski definition) is 5. The van der Waals surface area contributed by atoms with Gasteiger partial charge in [-0.2, -0.15) is 0 Å². The maximum absolute atomic E-state index is 13.3. The van der Waals surface area contributed by atoms with Crippen LogP contribution in [0.25, 0.3) is 11.3 Å². The lowest BCUT2D eigenvalue weighted by Crippen LogP contribution is -2.61. The summed E-state index contributed by atoms with van der Waals surface area (Å²) in [5, 5.41) is 4.05. The molecule has 0 saturated carbocycles. The fraction of sp³-hybridized carbons (Fsp3) is 0.476. The van der Waals surface area contributed by atoms with Crippen LogP contribution < -0.4 is 0 Å². The first kappa shape index (κ1) is 18.7. The molecular weight excluding hydrogens is 358 g/mol. The number of aromatic nitrogens is 1. The normalized spacial score (nSPS) is 22.2. The molecule has 7 nitrogen and oxygen atoms in total. The SMILES string of the molecule is COCCN1CCCC2(CCCN2C(=O)c2cc(-c3ccccc3)no2)C1=O. The van der Waals surface area contributed by atoms with Crippen molar-refractivity contribution < 1.29 is 18.8 Å². The summed E-state index contributed by atoms with van der Waals surface area (Å²) in [4.78, 5) is 30.0. The summed E-state index contributed by atoms with van der Waals surface area (Å²) in [5.74, 6) is -0.0412. The average molecular weight is 383 g/mol. The van der Waals surface area contributed by atoms with E-state index in [2.05, 4.69) is 5.16 Å². The van der Waals surface area contributed by atoms with Crippen molar-refractivity contribution in [3.63, 3.8) is 0 Å². The van der Waals surface area contributed by atoms with E-state index in [1.165, 1.54) is 0 Å². The maximum Gasteiger partial charge on any atom is 0.293 e. The molecule has 2 aromatic rings. The van der Waals surface area contributed by atoms with Crippen LogP contribution in [-0.2, 0) is 9.53 Å². The molecule has 1 atom stereocenters. The third kappa shape index (κ3) is 3.20. The lowest BCUT2D eigenvalue weighted by Gasteiger charge is -2.44. The molecule has 2 amide bonds. The Hall–Kier alpha value is -2.67. The van der Waals surface area contributed by atoms with E-state index in [1.807, 2.05) is 35.2 Å². The first-order valence-corrected chi connectivity index (χ1v) is 9.78. The van der Waals surface area contributed by atoms with Crippen molar-refractivity contribution in [1.82, 2.24) is 15.0 Å². The molecule has 2 aliphatic heterocycles. The maximum atomic E-state index is 13.3. The van der Waals surface area contributed by atoms with Crippen LogP contribution in [0.2, 0.25) is 0 Å². The number of ether oxygens (including phenoxy) is 1. The number of carbonyl (C=O) groups is 2. The number of rotatable bonds is 5. The Balaban J connectivity index is 1.57. The lowest BCUT2D eigenvalue weighted by atomic mass is 9.85. The fourth-order valence-electron chi connectivity index (χ4n) is 4.39. The second-order valence-corrected chi connectivity index (χ2v) is 7.42. The minimum atomic E-state index is -0.761. The molecule has 1 unspecified atom stereocenters. The third-order valence-electron chi connectivity index (χ3n) is 5.79. The highest BCUT2D eigenvalue weighted by atomic mass is 16.5. The number of benzene rings is 1. The molecule has 1 aromatic heterocycles. The molecule has 3 heterocycles. The van der Waals surface area contributed by atoms with Crippen LogP contribution in [0.4, 0.5) is 0 Å². The minimum Gasteiger partial charge on any atom is -0.383 e. The van der Waals surface area contributed by atoms with E-state index in [4.69, 9.17) is 9.26 Å². The highest BCUT2D eigenvalue weighted by molar-refractivity contribution is 5.99. The van der Waals surface area contributed by atoms with Gasteiger partial charge in [-0.15, -0.1) is 0 Å². The summed E-state index contributed by atoms with van der Waals surface area (Å²) in [6.07, 6.45) is 3.08. The van der Waals surface area contributed by atoms with Crippen molar-refractivity contribution >= 4 is 11.8 Å². The van der Waals surface area contributed by atoms with E-state index in [0.29, 0.717) is 44.8 Å². The van der Waals surface area contributed by atoms with E-state index in [1.54, 1.807) is 18.1 Å². The van der Waals surface area contributed by atoms with E-state index < -0.39 is 5.54 Å². The van der Waals surface area contributed by atoms with E-state index >= 15 is 0 Å². The summed E-state index contributed by atoms with van der Waals surface area (Å²) >= 11 is 0. The van der Waals surface area contributed by atoms with Gasteiger partial charge in [0.05, 0.1) is 6.61 Å². The number of carbonyl (C=O) groups excluding carboxylic acids is 2. The molecule has 1 aromatic carbocycles. The Morgan fingerprint density at radius 2 is 1.96 bits per heavy atom. The summed E-state index contributed by atoms with van der Waals surface area (Å²) in [5.41, 5.74) is 0.748. The van der Waals surface area contributed by atoms with Gasteiger partial charge in [-0.05, 0) is 25.7 Å². The summed E-state index contributed by atoms with van der Waals surface area (Å²) in [6, 6.07) is 11.3. The number of nitrogens with zero attached hydrogens (tertiary/aromatic N) is 3. The third-order valence-corrected chi connectivity index (χ3v) is 5.79. The highest BCUT2D eigenvalue weighted by Gasteiger charge is 2.53. The molecule has 0 radical (unpaired) electrons. The second kappa shape index (κ2) is 7.75. The van der Waals surface area contributed by atoms with Crippen LogP contribution in [-0.4, -0.2) is 65.7 Å². The minimum absolute atomic E-state index is 0.0319. The van der Waals surface area contributed by atoms with Gasteiger partial charge in [0.15, 0.2) is 0 Å². The van der Waals surface area contributed by atoms with E-state index in [-0.39, 0.29) is 17.6 Å². The molecule has 7 heteroatoms. The predicted octanol–water partition coefficient (Wildman–Crippen LogP) is 2.59. The summed E-state index contributed by atoms with van der Waals surface area (Å²) in [6.45, 7) is 2.33. The van der Waals surface area contributed by atoms with Crippen LogP contribution in [0.1, 0.15) is 36.2 Å². The Morgan fingerprint density at radius 1 is 1.21 bits per heavy atom. The van der Waals surface area contributed by atoms with Crippen molar-refractivity contribution in [2.75, 3.05) is 33.4 Å². The summed E-state index contributed by atoms with van der Waals surface area (Å²) < 4.78 is 10.5. The van der Waals surface area contributed by atoms with Crippen LogP contribution in [0.3, 0.4) is 0 Å². The highest BCUT2D eigenvalue weighted by Crippen LogP contribution is 2.39. The molecule has 28 heavy (non-hydrogen) atoms. The van der Waals surface area contributed by atoms with Gasteiger partial charge in [-0.3, -0.25) is 9.59 Å². The molecule has 2 fully saturated rings. The number of amides is 2. The van der Waals surface area contributed by atoms with Crippen molar-refractivity contribution in [3.8, 4) is 11.3 Å². The fourth-order valence-corrected chi connectivity index (χ4v) is 4.39. The lowest BCUT2D eigenvalue weighted by molar-refractivity contribution is -0.146. The quantitative estimate of drug-likeness (QED) is 0.793. The molecule has 1 spiro atoms. The molecule has 4 rings (SSSR count). The van der Waals surface area contributed by atoms with Gasteiger partial charge in [0.25, 0.3) is 5.91 Å². The zero-order valence-corrected chi connectivity index (χ0v) is 16.1. The zero-order valence-electron chi connectivity index (χ0n) is 16.1. The number of piperidine rings is 1. The van der Waals surface area contributed by atoms with Gasteiger partial charge in [0.2, 0.25) is 11.7 Å². The van der Waals surface area contributed by atoms with Crippen molar-refractivity contribution in [3.05, 3.63) is 42.2 Å². The van der Waals surface area contributed by atoms with Gasteiger partial charge < -0.3 is 19.1 Å². The molecular formula is C21H25N3O4. The van der Waals surface area contributed by atoms with Crippen molar-refractivity contribution in [2.24, 2.45) is 0 Å². The zero-order chi connectivity index (χ0) is 19.6. The van der Waals surface area contributed by atoms with Gasteiger partial charge in [-0.25, -0.2) is 0 Å². The average Bonchev–Trinajstić information content (AvgIpc) is 3.38. The van der Waals surface area contributed by atoms with Gasteiger partial charge in [0.1, 0.15) is 11.2 Å². The van der Waals surface area contributed by atoms with E-state index in [9.17, 15) is 9.59 Å². The van der Waals surface area contributed by atoms with Crippen LogP contribution >= 0.6 is 0 Å². The van der Waals surface area contributed by atoms with E-state index in [0.717, 1.165) is 18.4 Å². The van der Waals surface area contributed by atoms with Gasteiger partial charge >= 0.3 is 0 Å². The Kier molecular flexibility index (Phi) is 5.17. The second-order valence-electron chi connectivity index (χ2n) is 7.42. The largest absolute Gasteiger partial charge is 0.383 e. The monoisotopic (exact) mass is 383 g/mol. The molecule has 2 saturated heterocycles. The smallest absolute Gasteiger partial charge is 0.293 e. The Bertz CT molecular complexity index is 850. The number of likely N-dealkylation sites (tertiary alicyclic amines) is 2. The van der Waals surface area contributed by atoms with Crippen LogP contribution in [0.15, 0.2) is 40.9 Å². The van der Waals surface area contributed by atoms with Gasteiger partial charge in [0, 0.05) is 38.4 Å². The standard InChI is InChI=1S/C21H25N3O4/c1-27-14-13-23-11-5-9-21(20(23)26)10-6-12-24(21)19(25)18-15-17(22-28-18)16-7-3-2-4-8-16/h2-4,7-8,15H,5-6,9-14H2,1H3.